The number of morpholine rings is 1. The molecular weight excluding hydrogens is 328 g/mol. The van der Waals surface area contributed by atoms with E-state index in [9.17, 15) is 4.79 Å². The second-order valence-corrected chi connectivity index (χ2v) is 6.86. The van der Waals surface area contributed by atoms with Crippen LogP contribution in [0.5, 0.6) is 0 Å². The fraction of sp³-hybridized carbons (Fsp3) is 0.450. The zero-order chi connectivity index (χ0) is 17.8. The quantitative estimate of drug-likeness (QED) is 0.848. The molecule has 2 aromatic rings. The fourth-order valence-corrected chi connectivity index (χ4v) is 3.76. The van der Waals surface area contributed by atoms with Gasteiger partial charge in [-0.25, -0.2) is 9.97 Å². The molecule has 26 heavy (non-hydrogen) atoms. The maximum absolute atomic E-state index is 13.0. The molecule has 0 saturated carbocycles. The Labute approximate surface area is 153 Å². The van der Waals surface area contributed by atoms with Gasteiger partial charge >= 0.3 is 0 Å². The molecule has 2 aliphatic heterocycles. The number of rotatable bonds is 3. The summed E-state index contributed by atoms with van der Waals surface area (Å²) in [7, 11) is 0. The van der Waals surface area contributed by atoms with Crippen molar-refractivity contribution < 1.29 is 9.53 Å². The first kappa shape index (κ1) is 17.0. The predicted octanol–water partition coefficient (Wildman–Crippen LogP) is 2.29. The number of benzene rings is 1. The Bertz CT molecular complexity index is 717. The SMILES string of the molecule is O=C(C1CCN(c2ncccn2)CC1)N1CCOC(c2ccccc2)C1. The fourth-order valence-electron chi connectivity index (χ4n) is 3.76. The average Bonchev–Trinajstić information content (AvgIpc) is 2.75. The van der Waals surface area contributed by atoms with Gasteiger partial charge < -0.3 is 14.5 Å². The molecule has 2 saturated heterocycles. The van der Waals surface area contributed by atoms with Crippen molar-refractivity contribution in [3.8, 4) is 0 Å². The van der Waals surface area contributed by atoms with Crippen molar-refractivity contribution in [2.75, 3.05) is 37.7 Å². The van der Waals surface area contributed by atoms with Crippen LogP contribution >= 0.6 is 0 Å². The summed E-state index contributed by atoms with van der Waals surface area (Å²) in [6, 6.07) is 12.0. The molecule has 0 bridgehead atoms. The Morgan fingerprint density at radius 3 is 2.46 bits per heavy atom. The molecule has 1 atom stereocenters. The summed E-state index contributed by atoms with van der Waals surface area (Å²) in [4.78, 5) is 25.8. The van der Waals surface area contributed by atoms with Crippen LogP contribution in [0, 0.1) is 5.92 Å². The highest BCUT2D eigenvalue weighted by Gasteiger charge is 2.32. The molecule has 2 aliphatic rings. The van der Waals surface area contributed by atoms with E-state index in [0.717, 1.165) is 37.4 Å². The first-order valence-electron chi connectivity index (χ1n) is 9.28. The third-order valence-corrected chi connectivity index (χ3v) is 5.23. The number of ether oxygens (including phenoxy) is 1. The van der Waals surface area contributed by atoms with Crippen LogP contribution in [-0.4, -0.2) is 53.6 Å². The molecule has 136 valence electrons. The molecule has 0 aliphatic carbocycles. The molecule has 6 nitrogen and oxygen atoms in total. The van der Waals surface area contributed by atoms with Gasteiger partial charge in [0.2, 0.25) is 11.9 Å². The van der Waals surface area contributed by atoms with Gasteiger partial charge in [-0.15, -0.1) is 0 Å². The minimum atomic E-state index is -0.0216. The number of anilines is 1. The van der Waals surface area contributed by atoms with Gasteiger partial charge in [-0.2, -0.15) is 0 Å². The summed E-state index contributed by atoms with van der Waals surface area (Å²) >= 11 is 0. The summed E-state index contributed by atoms with van der Waals surface area (Å²) in [5.41, 5.74) is 1.14. The maximum Gasteiger partial charge on any atom is 0.225 e. The van der Waals surface area contributed by atoms with E-state index in [2.05, 4.69) is 27.0 Å². The van der Waals surface area contributed by atoms with E-state index in [4.69, 9.17) is 4.74 Å². The Kier molecular flexibility index (Phi) is 5.11. The average molecular weight is 352 g/mol. The van der Waals surface area contributed by atoms with E-state index in [1.165, 1.54) is 0 Å². The summed E-state index contributed by atoms with van der Waals surface area (Å²) in [5, 5.41) is 0. The minimum Gasteiger partial charge on any atom is -0.370 e. The van der Waals surface area contributed by atoms with Crippen molar-refractivity contribution in [3.05, 3.63) is 54.4 Å². The van der Waals surface area contributed by atoms with E-state index in [1.54, 1.807) is 12.4 Å². The zero-order valence-corrected chi connectivity index (χ0v) is 14.8. The highest BCUT2D eigenvalue weighted by molar-refractivity contribution is 5.79. The van der Waals surface area contributed by atoms with Gasteiger partial charge in [0.15, 0.2) is 0 Å². The second kappa shape index (κ2) is 7.83. The smallest absolute Gasteiger partial charge is 0.225 e. The number of piperidine rings is 1. The largest absolute Gasteiger partial charge is 0.370 e. The van der Waals surface area contributed by atoms with Gasteiger partial charge in [0.25, 0.3) is 0 Å². The monoisotopic (exact) mass is 352 g/mol. The molecule has 4 rings (SSSR count). The standard InChI is InChI=1S/C20H24N4O2/c25-19(17-7-11-23(12-8-17)20-21-9-4-10-22-20)24-13-14-26-18(15-24)16-5-2-1-3-6-16/h1-6,9-10,17-18H,7-8,11-15H2. The molecular formula is C20H24N4O2. The summed E-state index contributed by atoms with van der Waals surface area (Å²) in [5.74, 6) is 1.11. The number of carbonyl (C=O) groups is 1. The molecule has 1 aromatic heterocycles. The molecule has 0 spiro atoms. The predicted molar refractivity (Wildman–Crippen MR) is 98.7 cm³/mol. The Balaban J connectivity index is 1.35. The van der Waals surface area contributed by atoms with Crippen LogP contribution in [-0.2, 0) is 9.53 Å². The van der Waals surface area contributed by atoms with Crippen molar-refractivity contribution in [1.29, 1.82) is 0 Å². The van der Waals surface area contributed by atoms with Crippen LogP contribution in [0.25, 0.3) is 0 Å². The third kappa shape index (κ3) is 3.70. The minimum absolute atomic E-state index is 0.0216. The van der Waals surface area contributed by atoms with Gasteiger partial charge in [0.1, 0.15) is 6.10 Å². The maximum atomic E-state index is 13.0. The molecule has 0 N–H and O–H groups in total. The molecule has 1 amide bonds. The Hall–Kier alpha value is -2.47. The lowest BCUT2D eigenvalue weighted by molar-refractivity contribution is -0.144. The van der Waals surface area contributed by atoms with E-state index >= 15 is 0 Å². The summed E-state index contributed by atoms with van der Waals surface area (Å²) < 4.78 is 5.89. The Morgan fingerprint density at radius 2 is 1.73 bits per heavy atom. The van der Waals surface area contributed by atoms with Crippen LogP contribution < -0.4 is 4.90 Å². The van der Waals surface area contributed by atoms with Crippen molar-refractivity contribution in [2.45, 2.75) is 18.9 Å². The normalized spacial score (nSPS) is 21.6. The molecule has 1 unspecified atom stereocenters. The van der Waals surface area contributed by atoms with Crippen molar-refractivity contribution >= 4 is 11.9 Å². The summed E-state index contributed by atoms with van der Waals surface area (Å²) in [6.07, 6.45) is 5.20. The second-order valence-electron chi connectivity index (χ2n) is 6.86. The van der Waals surface area contributed by atoms with Gasteiger partial charge in [-0.1, -0.05) is 30.3 Å². The number of hydrogen-bond donors (Lipinski definition) is 0. The molecule has 1 aromatic carbocycles. The molecule has 2 fully saturated rings. The number of aromatic nitrogens is 2. The number of nitrogens with zero attached hydrogens (tertiary/aromatic N) is 4. The van der Waals surface area contributed by atoms with Crippen LogP contribution in [0.3, 0.4) is 0 Å². The lowest BCUT2D eigenvalue weighted by atomic mass is 9.94. The third-order valence-electron chi connectivity index (χ3n) is 5.23. The molecule has 3 heterocycles. The highest BCUT2D eigenvalue weighted by atomic mass is 16.5. The molecule has 0 radical (unpaired) electrons. The zero-order valence-electron chi connectivity index (χ0n) is 14.8. The highest BCUT2D eigenvalue weighted by Crippen LogP contribution is 2.26. The lowest BCUT2D eigenvalue weighted by Crippen LogP contribution is -2.47. The van der Waals surface area contributed by atoms with Crippen LogP contribution in [0.1, 0.15) is 24.5 Å². The van der Waals surface area contributed by atoms with Gasteiger partial charge in [0.05, 0.1) is 13.2 Å². The van der Waals surface area contributed by atoms with Gasteiger partial charge in [0, 0.05) is 37.9 Å². The van der Waals surface area contributed by atoms with E-state index < -0.39 is 0 Å². The summed E-state index contributed by atoms with van der Waals surface area (Å²) in [6.45, 7) is 3.58. The number of hydrogen-bond acceptors (Lipinski definition) is 5. The lowest BCUT2D eigenvalue weighted by Gasteiger charge is -2.38. The molecule has 6 heteroatoms. The van der Waals surface area contributed by atoms with E-state index in [-0.39, 0.29) is 17.9 Å². The van der Waals surface area contributed by atoms with Gasteiger partial charge in [-0.05, 0) is 24.5 Å². The van der Waals surface area contributed by atoms with E-state index in [0.29, 0.717) is 19.7 Å². The number of carbonyl (C=O) groups excluding carboxylic acids is 1. The topological polar surface area (TPSA) is 58.6 Å². The van der Waals surface area contributed by atoms with Crippen LogP contribution in [0.4, 0.5) is 5.95 Å². The Morgan fingerprint density at radius 1 is 1.00 bits per heavy atom. The number of amides is 1. The van der Waals surface area contributed by atoms with Crippen LogP contribution in [0.2, 0.25) is 0 Å². The van der Waals surface area contributed by atoms with Crippen LogP contribution in [0.15, 0.2) is 48.8 Å². The first-order valence-corrected chi connectivity index (χ1v) is 9.28. The first-order chi connectivity index (χ1) is 12.8. The van der Waals surface area contributed by atoms with Crippen molar-refractivity contribution in [3.63, 3.8) is 0 Å². The van der Waals surface area contributed by atoms with Crippen molar-refractivity contribution in [1.82, 2.24) is 14.9 Å². The van der Waals surface area contributed by atoms with E-state index in [1.807, 2.05) is 29.2 Å². The van der Waals surface area contributed by atoms with Gasteiger partial charge in [-0.3, -0.25) is 4.79 Å². The van der Waals surface area contributed by atoms with Crippen molar-refractivity contribution in [2.24, 2.45) is 5.92 Å².